The van der Waals surface area contributed by atoms with E-state index in [2.05, 4.69) is 10.6 Å². The highest BCUT2D eigenvalue weighted by Gasteiger charge is 2.21. The molecule has 0 fully saturated rings. The first kappa shape index (κ1) is 23.6. The van der Waals surface area contributed by atoms with Crippen molar-refractivity contribution in [2.45, 2.75) is 33.2 Å². The molecule has 162 valence electrons. The summed E-state index contributed by atoms with van der Waals surface area (Å²) >= 11 is 0. The molecule has 0 aromatic heterocycles. The lowest BCUT2D eigenvalue weighted by molar-refractivity contribution is -0.116. The Kier molecular flexibility index (Phi) is 8.56. The van der Waals surface area contributed by atoms with Gasteiger partial charge in [-0.05, 0) is 31.0 Å². The van der Waals surface area contributed by atoms with E-state index < -0.39 is 15.9 Å². The Morgan fingerprint density at radius 3 is 2.33 bits per heavy atom. The van der Waals surface area contributed by atoms with Gasteiger partial charge >= 0.3 is 0 Å². The predicted molar refractivity (Wildman–Crippen MR) is 119 cm³/mol. The van der Waals surface area contributed by atoms with Gasteiger partial charge in [-0.1, -0.05) is 55.3 Å². The fourth-order valence-corrected chi connectivity index (χ4v) is 3.54. The van der Waals surface area contributed by atoms with E-state index in [1.54, 1.807) is 24.3 Å². The first-order valence-corrected chi connectivity index (χ1v) is 11.7. The van der Waals surface area contributed by atoms with Gasteiger partial charge in [0.05, 0.1) is 24.1 Å². The summed E-state index contributed by atoms with van der Waals surface area (Å²) in [6, 6.07) is 14.1. The molecular formula is C22H29N3O4S. The van der Waals surface area contributed by atoms with Crippen LogP contribution in [-0.2, 0) is 21.4 Å². The van der Waals surface area contributed by atoms with Crippen molar-refractivity contribution in [2.75, 3.05) is 24.7 Å². The van der Waals surface area contributed by atoms with Crippen molar-refractivity contribution in [3.05, 3.63) is 65.2 Å². The van der Waals surface area contributed by atoms with Crippen LogP contribution in [0.1, 0.15) is 41.3 Å². The van der Waals surface area contributed by atoms with Gasteiger partial charge in [0, 0.05) is 13.1 Å². The van der Waals surface area contributed by atoms with E-state index in [9.17, 15) is 18.0 Å². The molecule has 0 saturated heterocycles. The summed E-state index contributed by atoms with van der Waals surface area (Å²) in [5, 5.41) is 5.49. The lowest BCUT2D eigenvalue weighted by atomic mass is 10.1. The maximum atomic E-state index is 12.6. The minimum Gasteiger partial charge on any atom is -0.352 e. The normalized spacial score (nSPS) is 11.3. The molecule has 0 aliphatic heterocycles. The summed E-state index contributed by atoms with van der Waals surface area (Å²) < 4.78 is 25.5. The Balaban J connectivity index is 2.10. The second-order valence-electron chi connectivity index (χ2n) is 7.22. The number of amides is 2. The first-order chi connectivity index (χ1) is 14.2. The molecule has 2 N–H and O–H groups in total. The largest absolute Gasteiger partial charge is 0.352 e. The highest BCUT2D eigenvalue weighted by atomic mass is 32.2. The molecule has 0 saturated carbocycles. The second-order valence-corrected chi connectivity index (χ2v) is 9.20. The maximum Gasteiger partial charge on any atom is 0.253 e. The Bertz CT molecular complexity index is 972. The number of sulfonamides is 1. The molecule has 0 bridgehead atoms. The number of carbonyl (C=O) groups is 2. The van der Waals surface area contributed by atoms with E-state index in [0.717, 1.165) is 34.5 Å². The first-order valence-electron chi connectivity index (χ1n) is 9.88. The van der Waals surface area contributed by atoms with Gasteiger partial charge in [0.15, 0.2) is 0 Å². The number of para-hydroxylation sites is 1. The Hall–Kier alpha value is -2.71. The van der Waals surface area contributed by atoms with Crippen molar-refractivity contribution < 1.29 is 18.0 Å². The topological polar surface area (TPSA) is 95.6 Å². The van der Waals surface area contributed by atoms with E-state index in [-0.39, 0.29) is 19.0 Å². The van der Waals surface area contributed by atoms with Crippen molar-refractivity contribution in [1.82, 2.24) is 9.62 Å². The van der Waals surface area contributed by atoms with Gasteiger partial charge in [0.1, 0.15) is 0 Å². The molecule has 2 rings (SSSR count). The highest BCUT2D eigenvalue weighted by Crippen LogP contribution is 2.16. The molecule has 0 atom stereocenters. The number of benzene rings is 2. The molecule has 0 spiro atoms. The smallest absolute Gasteiger partial charge is 0.253 e. The Labute approximate surface area is 178 Å². The zero-order chi connectivity index (χ0) is 22.1. The summed E-state index contributed by atoms with van der Waals surface area (Å²) in [5.74, 6) is -0.791. The number of nitrogens with zero attached hydrogens (tertiary/aromatic N) is 1. The number of hydrogen-bond donors (Lipinski definition) is 2. The minimum atomic E-state index is -3.61. The van der Waals surface area contributed by atoms with Crippen LogP contribution in [-0.4, -0.2) is 43.9 Å². The molecule has 2 aromatic rings. The van der Waals surface area contributed by atoms with Crippen LogP contribution in [0, 0.1) is 6.92 Å². The van der Waals surface area contributed by atoms with Gasteiger partial charge in [0.25, 0.3) is 5.91 Å². The van der Waals surface area contributed by atoms with E-state index in [1.807, 2.05) is 38.1 Å². The number of hydrogen-bond acceptors (Lipinski definition) is 4. The molecule has 0 unspecified atom stereocenters. The zero-order valence-corrected chi connectivity index (χ0v) is 18.5. The number of unbranched alkanes of at least 4 members (excludes halogenated alkanes) is 1. The van der Waals surface area contributed by atoms with Gasteiger partial charge in [-0.25, -0.2) is 8.42 Å². The van der Waals surface area contributed by atoms with Gasteiger partial charge in [0.2, 0.25) is 15.9 Å². The van der Waals surface area contributed by atoms with Crippen LogP contribution in [0.5, 0.6) is 0 Å². The highest BCUT2D eigenvalue weighted by molar-refractivity contribution is 7.88. The number of aryl methyl sites for hydroxylation is 1. The molecule has 7 nitrogen and oxygen atoms in total. The van der Waals surface area contributed by atoms with E-state index in [1.165, 1.54) is 0 Å². The van der Waals surface area contributed by atoms with Crippen molar-refractivity contribution in [2.24, 2.45) is 0 Å². The SMILES string of the molecule is CCCCNC(=O)c1ccccc1NC(=O)CN(Cc1ccc(C)cc1)S(C)(=O)=O. The van der Waals surface area contributed by atoms with Crippen LogP contribution in [0.15, 0.2) is 48.5 Å². The zero-order valence-electron chi connectivity index (χ0n) is 17.6. The number of nitrogens with one attached hydrogen (secondary N) is 2. The standard InChI is InChI=1S/C22H29N3O4S/c1-4-5-14-23-22(27)19-8-6-7-9-20(19)24-21(26)16-25(30(3,28)29)15-18-12-10-17(2)11-13-18/h6-13H,4-5,14-16H2,1-3H3,(H,23,27)(H,24,26). The fraction of sp³-hybridized carbons (Fsp3) is 0.364. The second kappa shape index (κ2) is 10.9. The van der Waals surface area contributed by atoms with Gasteiger partial charge in [-0.2, -0.15) is 4.31 Å². The van der Waals surface area contributed by atoms with Crippen LogP contribution in [0.3, 0.4) is 0 Å². The molecule has 2 amide bonds. The number of anilines is 1. The summed E-state index contributed by atoms with van der Waals surface area (Å²) in [6.07, 6.45) is 2.90. The third-order valence-corrected chi connectivity index (χ3v) is 5.73. The molecule has 8 heteroatoms. The van der Waals surface area contributed by atoms with Crippen LogP contribution in [0.4, 0.5) is 5.69 Å². The average molecular weight is 432 g/mol. The average Bonchev–Trinajstić information content (AvgIpc) is 2.69. The van der Waals surface area contributed by atoms with Crippen molar-refractivity contribution in [3.63, 3.8) is 0 Å². The number of rotatable bonds is 10. The maximum absolute atomic E-state index is 12.6. The summed E-state index contributed by atoms with van der Waals surface area (Å²) in [6.45, 7) is 4.27. The minimum absolute atomic E-state index is 0.0890. The van der Waals surface area contributed by atoms with Crippen LogP contribution in [0.2, 0.25) is 0 Å². The van der Waals surface area contributed by atoms with E-state index >= 15 is 0 Å². The lowest BCUT2D eigenvalue weighted by Gasteiger charge is -2.20. The molecule has 0 aliphatic rings. The van der Waals surface area contributed by atoms with Crippen molar-refractivity contribution in [1.29, 1.82) is 0 Å². The summed E-state index contributed by atoms with van der Waals surface area (Å²) in [5.41, 5.74) is 2.54. The van der Waals surface area contributed by atoms with Crippen LogP contribution in [0.25, 0.3) is 0 Å². The fourth-order valence-electron chi connectivity index (χ4n) is 2.80. The molecule has 0 aliphatic carbocycles. The molecule has 0 heterocycles. The molecular weight excluding hydrogens is 402 g/mol. The monoisotopic (exact) mass is 431 g/mol. The number of carbonyl (C=O) groups excluding carboxylic acids is 2. The third-order valence-electron chi connectivity index (χ3n) is 4.53. The van der Waals surface area contributed by atoms with Crippen LogP contribution < -0.4 is 10.6 Å². The predicted octanol–water partition coefficient (Wildman–Crippen LogP) is 2.93. The van der Waals surface area contributed by atoms with E-state index in [4.69, 9.17) is 0 Å². The Morgan fingerprint density at radius 2 is 1.70 bits per heavy atom. The molecule has 0 radical (unpaired) electrons. The quantitative estimate of drug-likeness (QED) is 0.566. The molecule has 2 aromatic carbocycles. The van der Waals surface area contributed by atoms with Gasteiger partial charge < -0.3 is 10.6 Å². The van der Waals surface area contributed by atoms with Crippen molar-refractivity contribution >= 4 is 27.5 Å². The lowest BCUT2D eigenvalue weighted by Crippen LogP contribution is -2.37. The van der Waals surface area contributed by atoms with E-state index in [0.29, 0.717) is 17.8 Å². The Morgan fingerprint density at radius 1 is 1.03 bits per heavy atom. The van der Waals surface area contributed by atoms with Crippen molar-refractivity contribution in [3.8, 4) is 0 Å². The molecule has 30 heavy (non-hydrogen) atoms. The van der Waals surface area contributed by atoms with Gasteiger partial charge in [-0.15, -0.1) is 0 Å². The third kappa shape index (κ3) is 7.27. The van der Waals surface area contributed by atoms with Gasteiger partial charge in [-0.3, -0.25) is 9.59 Å². The summed E-state index contributed by atoms with van der Waals surface area (Å²) in [7, 11) is -3.61. The summed E-state index contributed by atoms with van der Waals surface area (Å²) in [4.78, 5) is 25.0. The van der Waals surface area contributed by atoms with Crippen LogP contribution >= 0.6 is 0 Å².